The molecule has 1 unspecified atom stereocenters. The predicted molar refractivity (Wildman–Crippen MR) is 180 cm³/mol. The molecule has 0 aliphatic carbocycles. The van der Waals surface area contributed by atoms with Crippen LogP contribution < -0.4 is 16.0 Å². The number of amides is 3. The molecule has 3 N–H and O–H groups in total. The second kappa shape index (κ2) is 15.5. The first-order valence-corrected chi connectivity index (χ1v) is 15.8. The third kappa shape index (κ3) is 9.14. The maximum Gasteiger partial charge on any atom is 0.272 e. The van der Waals surface area contributed by atoms with Crippen LogP contribution in [-0.4, -0.2) is 23.0 Å². The Labute approximate surface area is 269 Å². The monoisotopic (exact) mass is 673 g/mol. The number of carbonyl (C=O) groups is 3. The topological polar surface area (TPSA) is 87.3 Å². The molecule has 0 heterocycles. The fourth-order valence-corrected chi connectivity index (χ4v) is 5.57. The average Bonchev–Trinajstić information content (AvgIpc) is 3.01. The summed E-state index contributed by atoms with van der Waals surface area (Å²) in [5.41, 5.74) is 3.02. The van der Waals surface area contributed by atoms with E-state index in [2.05, 4.69) is 45.7 Å². The van der Waals surface area contributed by atoms with E-state index in [-0.39, 0.29) is 17.3 Å². The minimum Gasteiger partial charge on any atom is -0.323 e. The molecule has 0 saturated heterocycles. The van der Waals surface area contributed by atoms with Crippen LogP contribution >= 0.6 is 27.7 Å². The van der Waals surface area contributed by atoms with Crippen molar-refractivity contribution in [2.24, 2.45) is 0 Å². The molecule has 0 spiro atoms. The summed E-state index contributed by atoms with van der Waals surface area (Å²) in [5.74, 6) is -1.41. The lowest BCUT2D eigenvalue weighted by molar-refractivity contribution is -0.116. The second-order valence-electron chi connectivity index (χ2n) is 10.3. The molecule has 4 aromatic rings. The van der Waals surface area contributed by atoms with E-state index in [9.17, 15) is 18.8 Å². The molecule has 0 fully saturated rings. The van der Waals surface area contributed by atoms with Gasteiger partial charge in [0.25, 0.3) is 11.8 Å². The molecule has 1 atom stereocenters. The molecule has 44 heavy (non-hydrogen) atoms. The fraction of sp³-hybridized carbons (Fsp3) is 0.171. The van der Waals surface area contributed by atoms with Gasteiger partial charge in [-0.05, 0) is 78.1 Å². The first-order chi connectivity index (χ1) is 21.1. The van der Waals surface area contributed by atoms with E-state index in [1.54, 1.807) is 54.6 Å². The Hall–Kier alpha value is -4.21. The van der Waals surface area contributed by atoms with E-state index < -0.39 is 22.9 Å². The number of anilines is 2. The maximum absolute atomic E-state index is 14.3. The molecule has 3 amide bonds. The number of benzene rings is 4. The van der Waals surface area contributed by atoms with Gasteiger partial charge in [-0.3, -0.25) is 14.4 Å². The van der Waals surface area contributed by atoms with E-state index in [1.807, 2.05) is 43.3 Å². The molecule has 0 aliphatic heterocycles. The smallest absolute Gasteiger partial charge is 0.272 e. The lowest BCUT2D eigenvalue weighted by Crippen LogP contribution is -2.30. The Morgan fingerprint density at radius 3 is 2.27 bits per heavy atom. The first kappa shape index (κ1) is 32.7. The zero-order chi connectivity index (χ0) is 31.6. The van der Waals surface area contributed by atoms with Crippen molar-refractivity contribution < 1.29 is 18.8 Å². The number of thioether (sulfide) groups is 1. The van der Waals surface area contributed by atoms with Crippen LogP contribution in [0.2, 0.25) is 0 Å². The van der Waals surface area contributed by atoms with Gasteiger partial charge >= 0.3 is 0 Å². The summed E-state index contributed by atoms with van der Waals surface area (Å²) in [7, 11) is 0. The molecule has 0 saturated carbocycles. The van der Waals surface area contributed by atoms with Crippen LogP contribution in [0.4, 0.5) is 15.8 Å². The number of halogens is 2. The number of nitrogens with one attached hydrogen (secondary N) is 3. The van der Waals surface area contributed by atoms with E-state index in [4.69, 9.17) is 0 Å². The van der Waals surface area contributed by atoms with Gasteiger partial charge in [0.2, 0.25) is 5.91 Å². The number of hydrogen-bond acceptors (Lipinski definition) is 4. The van der Waals surface area contributed by atoms with Gasteiger partial charge in [0.05, 0.1) is 10.9 Å². The summed E-state index contributed by atoms with van der Waals surface area (Å²) in [5, 5.41) is 7.79. The van der Waals surface area contributed by atoms with E-state index in [1.165, 1.54) is 23.9 Å². The highest BCUT2D eigenvalue weighted by Crippen LogP contribution is 2.29. The van der Waals surface area contributed by atoms with Gasteiger partial charge in [-0.1, -0.05) is 85.2 Å². The molecule has 0 radical (unpaired) electrons. The van der Waals surface area contributed by atoms with Gasteiger partial charge in [-0.25, -0.2) is 4.39 Å². The van der Waals surface area contributed by atoms with E-state index in [0.29, 0.717) is 28.1 Å². The Bertz CT molecular complexity index is 1660. The van der Waals surface area contributed by atoms with Crippen molar-refractivity contribution >= 4 is 62.9 Å². The lowest BCUT2D eigenvalue weighted by Gasteiger charge is -2.16. The molecule has 226 valence electrons. The molecule has 4 aromatic carbocycles. The number of carbonyl (C=O) groups excluding carboxylic acids is 3. The van der Waals surface area contributed by atoms with Crippen molar-refractivity contribution in [3.05, 3.63) is 130 Å². The van der Waals surface area contributed by atoms with Crippen LogP contribution in [0.3, 0.4) is 0 Å². The third-order valence-electron chi connectivity index (χ3n) is 6.67. The Morgan fingerprint density at radius 1 is 0.886 bits per heavy atom. The van der Waals surface area contributed by atoms with Gasteiger partial charge in [0, 0.05) is 20.6 Å². The summed E-state index contributed by atoms with van der Waals surface area (Å²) in [4.78, 5) is 40.2. The number of rotatable bonds is 11. The van der Waals surface area contributed by atoms with Crippen molar-refractivity contribution in [1.29, 1.82) is 0 Å². The first-order valence-electron chi connectivity index (χ1n) is 14.1. The van der Waals surface area contributed by atoms with Gasteiger partial charge in [0.1, 0.15) is 11.5 Å². The van der Waals surface area contributed by atoms with Crippen LogP contribution in [0.1, 0.15) is 54.6 Å². The third-order valence-corrected chi connectivity index (χ3v) is 8.52. The average molecular weight is 675 g/mol. The maximum atomic E-state index is 14.3. The van der Waals surface area contributed by atoms with E-state index in [0.717, 1.165) is 16.0 Å². The molecule has 4 rings (SSSR count). The van der Waals surface area contributed by atoms with Gasteiger partial charge in [-0.2, -0.15) is 0 Å². The molecule has 0 aliphatic rings. The number of hydrogen-bond donors (Lipinski definition) is 3. The Kier molecular flexibility index (Phi) is 11.5. The van der Waals surface area contributed by atoms with E-state index >= 15 is 0 Å². The van der Waals surface area contributed by atoms with Crippen molar-refractivity contribution in [2.75, 3.05) is 10.6 Å². The fourth-order valence-electron chi connectivity index (χ4n) is 4.22. The normalized spacial score (nSPS) is 12.0. The molecule has 0 aromatic heterocycles. The second-order valence-corrected chi connectivity index (χ2v) is 12.5. The minimum atomic E-state index is -0.531. The van der Waals surface area contributed by atoms with Crippen molar-refractivity contribution in [1.82, 2.24) is 5.32 Å². The summed E-state index contributed by atoms with van der Waals surface area (Å²) in [6.45, 7) is 6.09. The summed E-state index contributed by atoms with van der Waals surface area (Å²) in [6.07, 6.45) is 2.14. The van der Waals surface area contributed by atoms with Crippen LogP contribution in [0, 0.1) is 5.82 Å². The van der Waals surface area contributed by atoms with Crippen LogP contribution in [0.15, 0.2) is 112 Å². The SMILES string of the molecule is CCC(Sc1cccc(NC(=O)/C(=C\c2ccc(C(C)C)cc2)NC(=O)c2ccccc2)c1)C(=O)Nc1ccc(Br)cc1F. The van der Waals surface area contributed by atoms with Crippen molar-refractivity contribution in [3.63, 3.8) is 0 Å². The highest BCUT2D eigenvalue weighted by atomic mass is 79.9. The van der Waals surface area contributed by atoms with Crippen LogP contribution in [0.25, 0.3) is 6.08 Å². The van der Waals surface area contributed by atoms with Crippen molar-refractivity contribution in [3.8, 4) is 0 Å². The minimum absolute atomic E-state index is 0.0801. The zero-order valence-electron chi connectivity index (χ0n) is 24.6. The highest BCUT2D eigenvalue weighted by molar-refractivity contribution is 9.10. The van der Waals surface area contributed by atoms with Crippen LogP contribution in [0.5, 0.6) is 0 Å². The van der Waals surface area contributed by atoms with Gasteiger partial charge in [-0.15, -0.1) is 11.8 Å². The molecule has 9 heteroatoms. The Morgan fingerprint density at radius 2 is 1.61 bits per heavy atom. The lowest BCUT2D eigenvalue weighted by atomic mass is 10.0. The molecule has 0 bridgehead atoms. The molecule has 6 nitrogen and oxygen atoms in total. The molecular formula is C35H33BrFN3O3S. The molecular weight excluding hydrogens is 641 g/mol. The zero-order valence-corrected chi connectivity index (χ0v) is 27.0. The predicted octanol–water partition coefficient (Wildman–Crippen LogP) is 8.63. The standard InChI is InChI=1S/C35H33BrFN3O3S/c1-4-32(35(43)39-30-18-17-26(36)20-29(30)37)44-28-12-8-11-27(21-28)38-34(42)31(40-33(41)25-9-6-5-7-10-25)19-23-13-15-24(16-14-23)22(2)3/h5-22,32H,4H2,1-3H3,(H,38,42)(H,39,43)(H,40,41)/b31-19+. The Balaban J connectivity index is 1.51. The summed E-state index contributed by atoms with van der Waals surface area (Å²) < 4.78 is 14.9. The van der Waals surface area contributed by atoms with Crippen molar-refractivity contribution in [2.45, 2.75) is 43.3 Å². The van der Waals surface area contributed by atoms with Crippen LogP contribution in [-0.2, 0) is 9.59 Å². The summed E-state index contributed by atoms with van der Waals surface area (Å²) in [6, 6.07) is 28.0. The summed E-state index contributed by atoms with van der Waals surface area (Å²) >= 11 is 4.53. The van der Waals surface area contributed by atoms with Gasteiger partial charge < -0.3 is 16.0 Å². The highest BCUT2D eigenvalue weighted by Gasteiger charge is 2.20. The van der Waals surface area contributed by atoms with Gasteiger partial charge in [0.15, 0.2) is 0 Å². The largest absolute Gasteiger partial charge is 0.323 e. The quantitative estimate of drug-likeness (QED) is 0.110.